The Balaban J connectivity index is 1.81. The van der Waals surface area contributed by atoms with Crippen LogP contribution in [0.3, 0.4) is 0 Å². The minimum atomic E-state index is -0.611. The van der Waals surface area contributed by atoms with E-state index in [1.165, 1.54) is 0 Å². The van der Waals surface area contributed by atoms with Gasteiger partial charge in [0.05, 0.1) is 5.75 Å². The summed E-state index contributed by atoms with van der Waals surface area (Å²) in [5.41, 5.74) is 3.10. The van der Waals surface area contributed by atoms with Gasteiger partial charge in [0.15, 0.2) is 0 Å². The molecule has 0 aromatic heterocycles. The van der Waals surface area contributed by atoms with Crippen LogP contribution in [-0.4, -0.2) is 35.1 Å². The van der Waals surface area contributed by atoms with Crippen LogP contribution in [0, 0.1) is 0 Å². The van der Waals surface area contributed by atoms with Gasteiger partial charge in [-0.2, -0.15) is 0 Å². The molecule has 0 fully saturated rings. The minimum absolute atomic E-state index is 0.0605. The fraction of sp³-hybridized carbons (Fsp3) is 0.286. The highest BCUT2D eigenvalue weighted by molar-refractivity contribution is 9.10. The zero-order chi connectivity index (χ0) is 25.0. The lowest BCUT2D eigenvalue weighted by Crippen LogP contribution is -2.51. The predicted octanol–water partition coefficient (Wildman–Crippen LogP) is 6.50. The summed E-state index contributed by atoms with van der Waals surface area (Å²) in [6.45, 7) is 2.93. The second kappa shape index (κ2) is 14.3. The first kappa shape index (κ1) is 27.3. The maximum absolute atomic E-state index is 13.6. The summed E-state index contributed by atoms with van der Waals surface area (Å²) < 4.78 is 1.03. The molecule has 184 valence electrons. The van der Waals surface area contributed by atoms with E-state index < -0.39 is 6.04 Å². The Morgan fingerprint density at radius 2 is 1.60 bits per heavy atom. The van der Waals surface area contributed by atoms with Crippen molar-refractivity contribution in [1.29, 1.82) is 0 Å². The van der Waals surface area contributed by atoms with E-state index in [9.17, 15) is 9.59 Å². The fourth-order valence-corrected chi connectivity index (χ4v) is 4.89. The highest BCUT2D eigenvalue weighted by atomic mass is 79.9. The van der Waals surface area contributed by atoms with Gasteiger partial charge in [-0.1, -0.05) is 89.1 Å². The maximum Gasteiger partial charge on any atom is 0.243 e. The molecule has 0 radical (unpaired) electrons. The Kier molecular flexibility index (Phi) is 11.2. The normalized spacial score (nSPS) is 11.6. The van der Waals surface area contributed by atoms with Crippen molar-refractivity contribution in [2.45, 2.75) is 38.1 Å². The molecule has 4 nitrogen and oxygen atoms in total. The van der Waals surface area contributed by atoms with Gasteiger partial charge in [0.25, 0.3) is 0 Å². The van der Waals surface area contributed by atoms with Crippen LogP contribution < -0.4 is 5.32 Å². The first-order valence-electron chi connectivity index (χ1n) is 11.6. The van der Waals surface area contributed by atoms with Gasteiger partial charge >= 0.3 is 0 Å². The van der Waals surface area contributed by atoms with Crippen LogP contribution in [-0.2, 0) is 28.3 Å². The highest BCUT2D eigenvalue weighted by Crippen LogP contribution is 2.20. The molecule has 0 bridgehead atoms. The van der Waals surface area contributed by atoms with E-state index in [2.05, 4.69) is 21.2 Å². The number of rotatable bonds is 12. The number of hydrogen-bond acceptors (Lipinski definition) is 3. The topological polar surface area (TPSA) is 49.4 Å². The fourth-order valence-electron chi connectivity index (χ4n) is 3.63. The third kappa shape index (κ3) is 9.02. The summed E-state index contributed by atoms with van der Waals surface area (Å²) in [6, 6.07) is 24.8. The molecule has 0 unspecified atom stereocenters. The monoisotopic (exact) mass is 572 g/mol. The van der Waals surface area contributed by atoms with Gasteiger partial charge < -0.3 is 10.2 Å². The first-order chi connectivity index (χ1) is 17.0. The number of nitrogens with one attached hydrogen (secondary N) is 1. The average molecular weight is 574 g/mol. The van der Waals surface area contributed by atoms with Crippen molar-refractivity contribution in [3.63, 3.8) is 0 Å². The van der Waals surface area contributed by atoms with Crippen molar-refractivity contribution < 1.29 is 9.59 Å². The smallest absolute Gasteiger partial charge is 0.243 e. The molecule has 0 aliphatic heterocycles. The molecule has 35 heavy (non-hydrogen) atoms. The molecule has 0 aliphatic rings. The van der Waals surface area contributed by atoms with Gasteiger partial charge in [0, 0.05) is 34.8 Å². The van der Waals surface area contributed by atoms with E-state index >= 15 is 0 Å². The van der Waals surface area contributed by atoms with Crippen LogP contribution in [0.15, 0.2) is 83.3 Å². The van der Waals surface area contributed by atoms with Crippen molar-refractivity contribution in [2.24, 2.45) is 0 Å². The Morgan fingerprint density at radius 1 is 0.943 bits per heavy atom. The van der Waals surface area contributed by atoms with Crippen molar-refractivity contribution >= 4 is 51.1 Å². The molecule has 2 amide bonds. The Morgan fingerprint density at radius 3 is 2.26 bits per heavy atom. The predicted molar refractivity (Wildman–Crippen MR) is 150 cm³/mol. The largest absolute Gasteiger partial charge is 0.354 e. The number of benzene rings is 3. The van der Waals surface area contributed by atoms with Gasteiger partial charge in [0.2, 0.25) is 11.8 Å². The van der Waals surface area contributed by atoms with Crippen LogP contribution in [0.2, 0.25) is 5.02 Å². The summed E-state index contributed by atoms with van der Waals surface area (Å²) >= 11 is 11.1. The molecule has 0 saturated carbocycles. The van der Waals surface area contributed by atoms with E-state index in [-0.39, 0.29) is 17.6 Å². The molecule has 1 atom stereocenters. The molecule has 0 heterocycles. The molecule has 3 rings (SSSR count). The van der Waals surface area contributed by atoms with Gasteiger partial charge in [-0.3, -0.25) is 9.59 Å². The molecular formula is C28H30BrClN2O2S. The third-order valence-corrected chi connectivity index (χ3v) is 7.26. The number of thioether (sulfide) groups is 1. The highest BCUT2D eigenvalue weighted by Gasteiger charge is 2.30. The lowest BCUT2D eigenvalue weighted by atomic mass is 10.0. The van der Waals surface area contributed by atoms with Crippen LogP contribution in [0.5, 0.6) is 0 Å². The maximum atomic E-state index is 13.6. The Labute approximate surface area is 225 Å². The van der Waals surface area contributed by atoms with E-state index in [1.54, 1.807) is 16.7 Å². The number of carbonyl (C=O) groups is 2. The number of halogens is 2. The lowest BCUT2D eigenvalue weighted by Gasteiger charge is -2.31. The van der Waals surface area contributed by atoms with E-state index in [0.717, 1.165) is 33.3 Å². The van der Waals surface area contributed by atoms with Crippen LogP contribution in [0.4, 0.5) is 0 Å². The van der Waals surface area contributed by atoms with Crippen molar-refractivity contribution in [3.05, 3.63) is 105 Å². The van der Waals surface area contributed by atoms with Crippen molar-refractivity contribution in [1.82, 2.24) is 10.2 Å². The summed E-state index contributed by atoms with van der Waals surface area (Å²) in [6.07, 6.45) is 1.28. The Hall–Kier alpha value is -2.28. The SMILES string of the molecule is CCCNC(=O)[C@@H](Cc1ccccc1)N(Cc1ccc(Cl)cc1)C(=O)CSCc1ccc(Br)cc1. The van der Waals surface area contributed by atoms with E-state index in [4.69, 9.17) is 11.6 Å². The standard InChI is InChI=1S/C28H30BrClN2O2S/c1-2-16-31-28(34)26(17-21-6-4-3-5-7-21)32(18-22-10-14-25(30)15-11-22)27(33)20-35-19-23-8-12-24(29)13-9-23/h3-15,26H,2,16-20H2,1H3,(H,31,34)/t26-/m1/s1. The van der Waals surface area contributed by atoms with Gasteiger partial charge in [-0.15, -0.1) is 11.8 Å². The number of hydrogen-bond donors (Lipinski definition) is 1. The van der Waals surface area contributed by atoms with Crippen LogP contribution >= 0.6 is 39.3 Å². The second-order valence-electron chi connectivity index (χ2n) is 8.26. The van der Waals surface area contributed by atoms with Gasteiger partial charge in [-0.25, -0.2) is 0 Å². The molecule has 0 spiro atoms. The molecule has 3 aromatic carbocycles. The quantitative estimate of drug-likeness (QED) is 0.269. The zero-order valence-corrected chi connectivity index (χ0v) is 22.9. The summed E-state index contributed by atoms with van der Waals surface area (Å²) in [4.78, 5) is 28.6. The van der Waals surface area contributed by atoms with Gasteiger partial charge in [-0.05, 0) is 47.4 Å². The number of amides is 2. The second-order valence-corrected chi connectivity index (χ2v) is 10.6. The van der Waals surface area contributed by atoms with Gasteiger partial charge in [0.1, 0.15) is 6.04 Å². The van der Waals surface area contributed by atoms with E-state index in [1.807, 2.05) is 85.8 Å². The molecular weight excluding hydrogens is 544 g/mol. The number of nitrogens with zero attached hydrogens (tertiary/aromatic N) is 1. The first-order valence-corrected chi connectivity index (χ1v) is 14.0. The minimum Gasteiger partial charge on any atom is -0.354 e. The Bertz CT molecular complexity index is 1080. The van der Waals surface area contributed by atoms with Crippen LogP contribution in [0.25, 0.3) is 0 Å². The average Bonchev–Trinajstić information content (AvgIpc) is 2.87. The molecule has 3 aromatic rings. The summed E-state index contributed by atoms with van der Waals surface area (Å²) in [5.74, 6) is 0.820. The van der Waals surface area contributed by atoms with Crippen LogP contribution in [0.1, 0.15) is 30.0 Å². The molecule has 1 N–H and O–H groups in total. The van der Waals surface area contributed by atoms with E-state index in [0.29, 0.717) is 24.5 Å². The lowest BCUT2D eigenvalue weighted by molar-refractivity contribution is -0.139. The number of carbonyl (C=O) groups excluding carboxylic acids is 2. The molecule has 7 heteroatoms. The van der Waals surface area contributed by atoms with Crippen molar-refractivity contribution in [3.8, 4) is 0 Å². The zero-order valence-electron chi connectivity index (χ0n) is 19.8. The van der Waals surface area contributed by atoms with Crippen molar-refractivity contribution in [2.75, 3.05) is 12.3 Å². The third-order valence-electron chi connectivity index (χ3n) is 5.49. The molecule has 0 saturated heterocycles. The molecule has 0 aliphatic carbocycles. The summed E-state index contributed by atoms with van der Waals surface area (Å²) in [7, 11) is 0. The summed E-state index contributed by atoms with van der Waals surface area (Å²) in [5, 5.41) is 3.64.